The first-order chi connectivity index (χ1) is 9.88. The zero-order valence-corrected chi connectivity index (χ0v) is 11.2. The summed E-state index contributed by atoms with van der Waals surface area (Å²) < 4.78 is 7.79. The van der Waals surface area contributed by atoms with Crippen molar-refractivity contribution in [1.82, 2.24) is 25.5 Å². The Hall–Kier alpha value is -1.95. The number of hydrogen-bond donors (Lipinski definition) is 1. The summed E-state index contributed by atoms with van der Waals surface area (Å²) in [6.07, 6.45) is 3.58. The first-order valence-corrected chi connectivity index (χ1v) is 7.11. The minimum atomic E-state index is 0.121. The second-order valence-corrected chi connectivity index (χ2v) is 5.48. The first-order valence-electron chi connectivity index (χ1n) is 7.11. The standard InChI is InChI=1S/C14H17N5O/c1-2-4-13-10(3-1)7-12(20-13)9-19-14(16-17-18-19)8-15-11-5-6-11/h1-4,11-12,15H,5-9H2. The van der Waals surface area contributed by atoms with Crippen LogP contribution in [-0.2, 0) is 19.5 Å². The number of aromatic nitrogens is 4. The van der Waals surface area contributed by atoms with Crippen molar-refractivity contribution < 1.29 is 4.74 Å². The fourth-order valence-corrected chi connectivity index (χ4v) is 2.56. The zero-order valence-electron chi connectivity index (χ0n) is 11.2. The molecule has 0 amide bonds. The van der Waals surface area contributed by atoms with Gasteiger partial charge in [0, 0.05) is 12.5 Å². The van der Waals surface area contributed by atoms with Crippen LogP contribution in [0, 0.1) is 0 Å². The van der Waals surface area contributed by atoms with E-state index >= 15 is 0 Å². The van der Waals surface area contributed by atoms with Crippen LogP contribution in [-0.4, -0.2) is 32.4 Å². The maximum atomic E-state index is 5.94. The largest absolute Gasteiger partial charge is 0.488 e. The van der Waals surface area contributed by atoms with Gasteiger partial charge in [-0.2, -0.15) is 0 Å². The van der Waals surface area contributed by atoms with Gasteiger partial charge in [-0.05, 0) is 34.9 Å². The number of benzene rings is 1. The van der Waals surface area contributed by atoms with Crippen molar-refractivity contribution in [2.45, 2.75) is 44.5 Å². The van der Waals surface area contributed by atoms with Crippen LogP contribution in [0.4, 0.5) is 0 Å². The van der Waals surface area contributed by atoms with Crippen LogP contribution >= 0.6 is 0 Å². The Morgan fingerprint density at radius 1 is 1.30 bits per heavy atom. The van der Waals surface area contributed by atoms with E-state index in [4.69, 9.17) is 4.74 Å². The summed E-state index contributed by atoms with van der Waals surface area (Å²) in [6, 6.07) is 8.84. The van der Waals surface area contributed by atoms with Gasteiger partial charge in [-0.1, -0.05) is 18.2 Å². The molecule has 1 fully saturated rings. The van der Waals surface area contributed by atoms with E-state index in [9.17, 15) is 0 Å². The predicted octanol–water partition coefficient (Wildman–Crippen LogP) is 0.929. The second kappa shape index (κ2) is 4.86. The lowest BCUT2D eigenvalue weighted by atomic mass is 10.1. The van der Waals surface area contributed by atoms with Crippen LogP contribution in [0.3, 0.4) is 0 Å². The average Bonchev–Trinajstić information content (AvgIpc) is 3.04. The maximum absolute atomic E-state index is 5.94. The molecule has 1 saturated carbocycles. The number of nitrogens with zero attached hydrogens (tertiary/aromatic N) is 4. The molecule has 1 N–H and O–H groups in total. The van der Waals surface area contributed by atoms with Crippen LogP contribution < -0.4 is 10.1 Å². The molecule has 1 atom stereocenters. The fourth-order valence-electron chi connectivity index (χ4n) is 2.56. The van der Waals surface area contributed by atoms with Crippen molar-refractivity contribution >= 4 is 0 Å². The van der Waals surface area contributed by atoms with Crippen molar-refractivity contribution in [1.29, 1.82) is 0 Å². The topological polar surface area (TPSA) is 64.9 Å². The molecule has 1 aromatic carbocycles. The van der Waals surface area contributed by atoms with E-state index in [-0.39, 0.29) is 6.10 Å². The molecule has 2 aliphatic rings. The molecular weight excluding hydrogens is 254 g/mol. The van der Waals surface area contributed by atoms with Crippen LogP contribution in [0.1, 0.15) is 24.2 Å². The zero-order chi connectivity index (χ0) is 13.4. The molecule has 4 rings (SSSR count). The Morgan fingerprint density at radius 2 is 2.20 bits per heavy atom. The molecule has 1 aliphatic heterocycles. The maximum Gasteiger partial charge on any atom is 0.165 e. The summed E-state index contributed by atoms with van der Waals surface area (Å²) in [5, 5.41) is 15.4. The number of tetrazole rings is 1. The number of para-hydroxylation sites is 1. The number of ether oxygens (including phenoxy) is 1. The van der Waals surface area contributed by atoms with E-state index in [0.29, 0.717) is 12.6 Å². The summed E-state index contributed by atoms with van der Waals surface area (Å²) >= 11 is 0. The van der Waals surface area contributed by atoms with Crippen molar-refractivity contribution in [3.05, 3.63) is 35.7 Å². The van der Waals surface area contributed by atoms with E-state index in [1.807, 2.05) is 22.9 Å². The molecule has 0 bridgehead atoms. The van der Waals surface area contributed by atoms with Gasteiger partial charge in [-0.15, -0.1) is 5.10 Å². The van der Waals surface area contributed by atoms with Gasteiger partial charge in [0.25, 0.3) is 0 Å². The van der Waals surface area contributed by atoms with E-state index < -0.39 is 0 Å². The van der Waals surface area contributed by atoms with Gasteiger partial charge in [0.05, 0.1) is 13.1 Å². The molecule has 1 unspecified atom stereocenters. The van der Waals surface area contributed by atoms with Crippen molar-refractivity contribution in [3.63, 3.8) is 0 Å². The van der Waals surface area contributed by atoms with Crippen molar-refractivity contribution in [3.8, 4) is 5.75 Å². The monoisotopic (exact) mass is 271 g/mol. The lowest BCUT2D eigenvalue weighted by molar-refractivity contribution is 0.200. The van der Waals surface area contributed by atoms with E-state index in [2.05, 4.69) is 26.9 Å². The third-order valence-electron chi connectivity index (χ3n) is 3.82. The predicted molar refractivity (Wildman–Crippen MR) is 72.2 cm³/mol. The Labute approximate surface area is 117 Å². The molecule has 104 valence electrons. The molecule has 2 aromatic rings. The lowest BCUT2D eigenvalue weighted by Gasteiger charge is -2.11. The molecule has 0 radical (unpaired) electrons. The molecule has 2 heterocycles. The third-order valence-corrected chi connectivity index (χ3v) is 3.82. The van der Waals surface area contributed by atoms with E-state index in [1.165, 1.54) is 18.4 Å². The van der Waals surface area contributed by atoms with E-state index in [0.717, 1.165) is 24.5 Å². The highest BCUT2D eigenvalue weighted by molar-refractivity contribution is 5.37. The molecule has 1 aliphatic carbocycles. The van der Waals surface area contributed by atoms with Crippen LogP contribution in [0.5, 0.6) is 5.75 Å². The van der Waals surface area contributed by atoms with Crippen molar-refractivity contribution in [2.24, 2.45) is 0 Å². The van der Waals surface area contributed by atoms with Gasteiger partial charge < -0.3 is 10.1 Å². The molecule has 0 saturated heterocycles. The fraction of sp³-hybridized carbons (Fsp3) is 0.500. The van der Waals surface area contributed by atoms with Crippen molar-refractivity contribution in [2.75, 3.05) is 0 Å². The van der Waals surface area contributed by atoms with Gasteiger partial charge >= 0.3 is 0 Å². The molecule has 6 heteroatoms. The van der Waals surface area contributed by atoms with Crippen LogP contribution in [0.15, 0.2) is 24.3 Å². The lowest BCUT2D eigenvalue weighted by Crippen LogP contribution is -2.25. The smallest absolute Gasteiger partial charge is 0.165 e. The minimum absolute atomic E-state index is 0.121. The second-order valence-electron chi connectivity index (χ2n) is 5.48. The highest BCUT2D eigenvalue weighted by Crippen LogP contribution is 2.28. The van der Waals surface area contributed by atoms with E-state index in [1.54, 1.807) is 0 Å². The average molecular weight is 271 g/mol. The Bertz CT molecular complexity index is 582. The molecule has 20 heavy (non-hydrogen) atoms. The molecule has 0 spiro atoms. The minimum Gasteiger partial charge on any atom is -0.488 e. The first kappa shape index (κ1) is 11.8. The van der Waals surface area contributed by atoms with Crippen LogP contribution in [0.25, 0.3) is 0 Å². The molecule has 6 nitrogen and oxygen atoms in total. The number of rotatable bonds is 5. The Balaban J connectivity index is 1.41. The van der Waals surface area contributed by atoms with Gasteiger partial charge in [0.1, 0.15) is 11.9 Å². The third kappa shape index (κ3) is 2.38. The molecule has 1 aromatic heterocycles. The van der Waals surface area contributed by atoms with Gasteiger partial charge in [0.2, 0.25) is 0 Å². The van der Waals surface area contributed by atoms with Gasteiger partial charge in [-0.25, -0.2) is 4.68 Å². The normalized spacial score (nSPS) is 20.7. The summed E-state index contributed by atoms with van der Waals surface area (Å²) in [5.41, 5.74) is 1.27. The highest BCUT2D eigenvalue weighted by Gasteiger charge is 2.25. The van der Waals surface area contributed by atoms with Gasteiger partial charge in [-0.3, -0.25) is 0 Å². The summed E-state index contributed by atoms with van der Waals surface area (Å²) in [4.78, 5) is 0. The Kier molecular flexibility index (Phi) is 2.88. The summed E-state index contributed by atoms with van der Waals surface area (Å²) in [7, 11) is 0. The van der Waals surface area contributed by atoms with Gasteiger partial charge in [0.15, 0.2) is 5.82 Å². The number of hydrogen-bond acceptors (Lipinski definition) is 5. The quantitative estimate of drug-likeness (QED) is 0.876. The Morgan fingerprint density at radius 3 is 3.05 bits per heavy atom. The molecular formula is C14H17N5O. The summed E-state index contributed by atoms with van der Waals surface area (Å²) in [6.45, 7) is 1.43. The highest BCUT2D eigenvalue weighted by atomic mass is 16.5. The SMILES string of the molecule is c1ccc2c(c1)CC(Cn1nnnc1CNC1CC1)O2. The number of fused-ring (bicyclic) bond motifs is 1. The van der Waals surface area contributed by atoms with Crippen LogP contribution in [0.2, 0.25) is 0 Å². The summed E-state index contributed by atoms with van der Waals surface area (Å²) in [5.74, 6) is 1.87. The number of nitrogens with one attached hydrogen (secondary N) is 1.